The second-order valence-electron chi connectivity index (χ2n) is 11.9. The topological polar surface area (TPSA) is 115 Å². The Labute approximate surface area is 285 Å². The summed E-state index contributed by atoms with van der Waals surface area (Å²) in [5.74, 6) is 1.89. The van der Waals surface area contributed by atoms with E-state index in [2.05, 4.69) is 60.7 Å². The van der Waals surface area contributed by atoms with E-state index < -0.39 is 0 Å². The van der Waals surface area contributed by atoms with Gasteiger partial charge in [0.1, 0.15) is 11.3 Å². The number of benzene rings is 2. The minimum absolute atomic E-state index is 0.334. The zero-order valence-corrected chi connectivity index (χ0v) is 27.3. The number of hydrogen-bond donors (Lipinski definition) is 2. The van der Waals surface area contributed by atoms with Crippen LogP contribution in [-0.2, 0) is 13.0 Å². The van der Waals surface area contributed by atoms with Crippen molar-refractivity contribution in [2.24, 2.45) is 4.99 Å². The number of hydrogen-bond acceptors (Lipinski definition) is 8. The Bertz CT molecular complexity index is 1970. The smallest absolute Gasteiger partial charge is 0.209 e. The molecule has 0 spiro atoms. The predicted octanol–water partition coefficient (Wildman–Crippen LogP) is 6.94. The van der Waals surface area contributed by atoms with E-state index in [1.54, 1.807) is 24.5 Å². The van der Waals surface area contributed by atoms with Crippen LogP contribution in [0.5, 0.6) is 5.75 Å². The third kappa shape index (κ3) is 6.88. The standard InChI is InChI=1S/C37H36ClN9O/c38-34-31(7-4-9-33(34)48-21-5-19-46-17-1-2-18-46)29-6-3-8-32-30(29)13-20-47(32)36-35-27(10-16-41-36)22-26(23-42-35)24-43-37(44-25-39)45-28-11-14-40-15-12-28/h3-4,6-12,14-16,22-23H,1-2,5,13,17-21,24H2,(H2,40,43,44,45). The third-order valence-corrected chi connectivity index (χ3v) is 9.18. The van der Waals surface area contributed by atoms with Gasteiger partial charge in [0.2, 0.25) is 5.96 Å². The van der Waals surface area contributed by atoms with Gasteiger partial charge < -0.3 is 19.9 Å². The molecule has 0 atom stereocenters. The zero-order valence-electron chi connectivity index (χ0n) is 26.6. The number of ether oxygens (including phenoxy) is 1. The van der Waals surface area contributed by atoms with Crippen LogP contribution >= 0.6 is 11.6 Å². The van der Waals surface area contributed by atoms with Gasteiger partial charge >= 0.3 is 0 Å². The molecule has 0 unspecified atom stereocenters. The lowest BCUT2D eigenvalue weighted by molar-refractivity contribution is 0.263. The molecule has 1 fully saturated rings. The molecule has 5 aromatic rings. The minimum Gasteiger partial charge on any atom is -0.492 e. The van der Waals surface area contributed by atoms with E-state index in [1.807, 2.05) is 36.8 Å². The first-order chi connectivity index (χ1) is 23.7. The molecule has 2 aliphatic rings. The van der Waals surface area contributed by atoms with E-state index >= 15 is 0 Å². The average molecular weight is 658 g/mol. The van der Waals surface area contributed by atoms with E-state index in [4.69, 9.17) is 26.3 Å². The van der Waals surface area contributed by atoms with Gasteiger partial charge in [-0.1, -0.05) is 35.9 Å². The van der Waals surface area contributed by atoms with Crippen LogP contribution in [-0.4, -0.2) is 58.6 Å². The predicted molar refractivity (Wildman–Crippen MR) is 191 cm³/mol. The van der Waals surface area contributed by atoms with Crippen LogP contribution in [0.3, 0.4) is 0 Å². The van der Waals surface area contributed by atoms with Crippen molar-refractivity contribution in [3.8, 4) is 23.1 Å². The van der Waals surface area contributed by atoms with Gasteiger partial charge in [-0.15, -0.1) is 0 Å². The van der Waals surface area contributed by atoms with E-state index in [0.717, 1.165) is 76.5 Å². The first kappa shape index (κ1) is 31.4. The molecular weight excluding hydrogens is 622 g/mol. The molecule has 10 nitrogen and oxygen atoms in total. The average Bonchev–Trinajstić information content (AvgIpc) is 3.80. The molecule has 1 saturated heterocycles. The Morgan fingerprint density at radius 3 is 2.67 bits per heavy atom. The van der Waals surface area contributed by atoms with Crippen molar-refractivity contribution < 1.29 is 4.74 Å². The third-order valence-electron chi connectivity index (χ3n) is 8.79. The summed E-state index contributed by atoms with van der Waals surface area (Å²) >= 11 is 6.99. The Hall–Kier alpha value is -5.24. The molecule has 2 aliphatic heterocycles. The Morgan fingerprint density at radius 1 is 0.979 bits per heavy atom. The quantitative estimate of drug-likeness (QED) is 0.0542. The number of likely N-dealkylation sites (tertiary alicyclic amines) is 1. The summed E-state index contributed by atoms with van der Waals surface area (Å²) in [6.45, 7) is 5.22. The van der Waals surface area contributed by atoms with Crippen molar-refractivity contribution >= 4 is 45.7 Å². The highest BCUT2D eigenvalue weighted by atomic mass is 35.5. The Morgan fingerprint density at radius 2 is 1.81 bits per heavy atom. The van der Waals surface area contributed by atoms with Gasteiger partial charge in [0.15, 0.2) is 12.0 Å². The summed E-state index contributed by atoms with van der Waals surface area (Å²) in [6, 6.07) is 20.1. The minimum atomic E-state index is 0.334. The second-order valence-corrected chi connectivity index (χ2v) is 12.3. The molecule has 0 amide bonds. The molecule has 2 N–H and O–H groups in total. The normalized spacial score (nSPS) is 14.6. The molecule has 242 valence electrons. The lowest BCUT2D eigenvalue weighted by Crippen LogP contribution is -2.26. The molecule has 11 heteroatoms. The van der Waals surface area contributed by atoms with Gasteiger partial charge in [-0.05, 0) is 91.9 Å². The SMILES string of the molecule is N#CNC(=NCc1cnc2c(N3CCc4c(-c5cccc(OCCCN6CCCC6)c5Cl)cccc43)nccc2c1)Nc1ccncc1. The van der Waals surface area contributed by atoms with Crippen LogP contribution in [0.1, 0.15) is 30.4 Å². The lowest BCUT2D eigenvalue weighted by atomic mass is 9.97. The van der Waals surface area contributed by atoms with Crippen LogP contribution < -0.4 is 20.3 Å². The molecule has 3 aromatic heterocycles. The summed E-state index contributed by atoms with van der Waals surface area (Å²) < 4.78 is 6.18. The molecule has 0 bridgehead atoms. The van der Waals surface area contributed by atoms with Crippen LogP contribution in [0, 0.1) is 11.5 Å². The molecule has 0 saturated carbocycles. The van der Waals surface area contributed by atoms with E-state index in [1.165, 1.54) is 31.5 Å². The van der Waals surface area contributed by atoms with Crippen LogP contribution in [0.15, 0.2) is 90.4 Å². The first-order valence-electron chi connectivity index (χ1n) is 16.3. The Balaban J connectivity index is 1.10. The largest absolute Gasteiger partial charge is 0.492 e. The zero-order chi connectivity index (χ0) is 32.7. The molecule has 48 heavy (non-hydrogen) atoms. The van der Waals surface area contributed by atoms with Crippen molar-refractivity contribution in [3.63, 3.8) is 0 Å². The summed E-state index contributed by atoms with van der Waals surface area (Å²) in [7, 11) is 0. The van der Waals surface area contributed by atoms with Gasteiger partial charge in [-0.2, -0.15) is 5.26 Å². The number of nitrogens with zero attached hydrogens (tertiary/aromatic N) is 7. The van der Waals surface area contributed by atoms with Crippen molar-refractivity contribution in [2.45, 2.75) is 32.2 Å². The summed E-state index contributed by atoms with van der Waals surface area (Å²) in [6.07, 6.45) is 13.4. The molecular formula is C37H36ClN9O. The molecule has 7 rings (SSSR count). The number of pyridine rings is 3. The highest BCUT2D eigenvalue weighted by molar-refractivity contribution is 6.35. The maximum atomic E-state index is 9.20. The number of fused-ring (bicyclic) bond motifs is 2. The van der Waals surface area contributed by atoms with Crippen molar-refractivity contribution in [2.75, 3.05) is 43.0 Å². The van der Waals surface area contributed by atoms with Gasteiger partial charge in [-0.3, -0.25) is 15.3 Å². The fourth-order valence-corrected chi connectivity index (χ4v) is 6.78. The number of halogens is 1. The molecule has 2 aromatic carbocycles. The number of anilines is 3. The van der Waals surface area contributed by atoms with Gasteiger partial charge in [-0.25, -0.2) is 9.98 Å². The highest BCUT2D eigenvalue weighted by Gasteiger charge is 2.27. The second kappa shape index (κ2) is 14.7. The van der Waals surface area contributed by atoms with Crippen LogP contribution in [0.2, 0.25) is 5.02 Å². The summed E-state index contributed by atoms with van der Waals surface area (Å²) in [5, 5.41) is 16.5. The van der Waals surface area contributed by atoms with Crippen molar-refractivity contribution in [1.29, 1.82) is 5.26 Å². The highest BCUT2D eigenvalue weighted by Crippen LogP contribution is 2.44. The molecule has 0 aliphatic carbocycles. The lowest BCUT2D eigenvalue weighted by Gasteiger charge is -2.20. The van der Waals surface area contributed by atoms with Gasteiger partial charge in [0.25, 0.3) is 0 Å². The fourth-order valence-electron chi connectivity index (χ4n) is 6.49. The molecule has 5 heterocycles. The summed E-state index contributed by atoms with van der Waals surface area (Å²) in [4.78, 5) is 23.0. The van der Waals surface area contributed by atoms with Crippen molar-refractivity contribution in [3.05, 3.63) is 102 Å². The maximum absolute atomic E-state index is 9.20. The number of guanidine groups is 1. The van der Waals surface area contributed by atoms with Crippen LogP contribution in [0.25, 0.3) is 22.0 Å². The number of aromatic nitrogens is 3. The van der Waals surface area contributed by atoms with Crippen LogP contribution in [0.4, 0.5) is 17.2 Å². The number of nitriles is 1. The van der Waals surface area contributed by atoms with E-state index in [-0.39, 0.29) is 0 Å². The number of nitrogens with one attached hydrogen (secondary N) is 2. The Kier molecular flexibility index (Phi) is 9.59. The monoisotopic (exact) mass is 657 g/mol. The van der Waals surface area contributed by atoms with E-state index in [9.17, 15) is 5.26 Å². The first-order valence-corrected chi connectivity index (χ1v) is 16.7. The molecule has 0 radical (unpaired) electrons. The van der Waals surface area contributed by atoms with E-state index in [0.29, 0.717) is 24.1 Å². The fraction of sp³-hybridized carbons (Fsp3) is 0.270. The maximum Gasteiger partial charge on any atom is 0.209 e. The van der Waals surface area contributed by atoms with Crippen molar-refractivity contribution in [1.82, 2.24) is 25.2 Å². The number of rotatable bonds is 10. The summed E-state index contributed by atoms with van der Waals surface area (Å²) in [5.41, 5.74) is 6.92. The van der Waals surface area contributed by atoms with Gasteiger partial charge in [0, 0.05) is 60.2 Å². The number of aliphatic imine (C=N–C) groups is 1. The van der Waals surface area contributed by atoms with Gasteiger partial charge in [0.05, 0.1) is 18.2 Å².